The molecule has 1 aliphatic carbocycles. The van der Waals surface area contributed by atoms with E-state index in [4.69, 9.17) is 9.84 Å². The number of aliphatic carboxylic acids is 1. The molecule has 0 radical (unpaired) electrons. The fourth-order valence-electron chi connectivity index (χ4n) is 3.34. The molecule has 1 saturated carbocycles. The Morgan fingerprint density at radius 1 is 1.08 bits per heavy atom. The number of hydrogen-bond acceptors (Lipinski definition) is 5. The lowest BCUT2D eigenvalue weighted by Gasteiger charge is -2.33. The van der Waals surface area contributed by atoms with Crippen molar-refractivity contribution < 1.29 is 27.9 Å². The third-order valence-corrected chi connectivity index (χ3v) is 6.48. The Bertz CT molecular complexity index is 548. The highest BCUT2D eigenvalue weighted by atomic mass is 32.2. The largest absolute Gasteiger partial charge is 0.481 e. The minimum Gasteiger partial charge on any atom is -0.481 e. The van der Waals surface area contributed by atoms with Crippen LogP contribution in [-0.4, -0.2) is 55.5 Å². The van der Waals surface area contributed by atoms with Gasteiger partial charge in [0.25, 0.3) is 10.2 Å². The van der Waals surface area contributed by atoms with E-state index in [9.17, 15) is 18.0 Å². The summed E-state index contributed by atoms with van der Waals surface area (Å²) in [5.41, 5.74) is 0. The van der Waals surface area contributed by atoms with Crippen LogP contribution in [0.25, 0.3) is 0 Å². The van der Waals surface area contributed by atoms with Crippen LogP contribution in [-0.2, 0) is 24.5 Å². The average Bonchev–Trinajstić information content (AvgIpc) is 2.55. The monoisotopic (exact) mass is 362 g/mol. The lowest BCUT2D eigenvalue weighted by atomic mass is 9.87. The summed E-state index contributed by atoms with van der Waals surface area (Å²) in [6.07, 6.45) is 2.99. The molecule has 1 aliphatic heterocycles. The number of carboxylic acid groups (broad SMARTS) is 1. The van der Waals surface area contributed by atoms with Gasteiger partial charge in [-0.3, -0.25) is 9.59 Å². The van der Waals surface area contributed by atoms with Crippen molar-refractivity contribution in [3.8, 4) is 0 Å². The first kappa shape index (κ1) is 19.1. The Labute approximate surface area is 142 Å². The number of piperidine rings is 1. The zero-order valence-corrected chi connectivity index (χ0v) is 14.8. The van der Waals surface area contributed by atoms with Gasteiger partial charge in [-0.15, -0.1) is 0 Å². The van der Waals surface area contributed by atoms with Crippen molar-refractivity contribution >= 4 is 22.1 Å². The maximum absolute atomic E-state index is 12.5. The minimum absolute atomic E-state index is 0.214. The summed E-state index contributed by atoms with van der Waals surface area (Å²) in [4.78, 5) is 22.6. The van der Waals surface area contributed by atoms with Gasteiger partial charge in [0.1, 0.15) is 0 Å². The van der Waals surface area contributed by atoms with E-state index >= 15 is 0 Å². The summed E-state index contributed by atoms with van der Waals surface area (Å²) in [6, 6.07) is -0.214. The molecule has 1 saturated heterocycles. The molecule has 0 aromatic heterocycles. The van der Waals surface area contributed by atoms with Gasteiger partial charge in [0.05, 0.1) is 18.4 Å². The molecule has 2 fully saturated rings. The summed E-state index contributed by atoms with van der Waals surface area (Å²) >= 11 is 0. The molecule has 0 spiro atoms. The van der Waals surface area contributed by atoms with Gasteiger partial charge in [-0.25, -0.2) is 0 Å². The van der Waals surface area contributed by atoms with Crippen molar-refractivity contribution in [3.05, 3.63) is 0 Å². The first-order chi connectivity index (χ1) is 11.3. The van der Waals surface area contributed by atoms with E-state index < -0.39 is 16.2 Å². The highest BCUT2D eigenvalue weighted by Gasteiger charge is 2.34. The maximum atomic E-state index is 12.5. The third-order valence-electron chi connectivity index (χ3n) is 4.81. The van der Waals surface area contributed by atoms with Gasteiger partial charge in [0.2, 0.25) is 0 Å². The Hall–Kier alpha value is -1.19. The zero-order chi connectivity index (χ0) is 17.7. The fourth-order valence-corrected chi connectivity index (χ4v) is 4.83. The van der Waals surface area contributed by atoms with Crippen LogP contribution in [0, 0.1) is 11.8 Å². The van der Waals surface area contributed by atoms with Crippen LogP contribution in [0.2, 0.25) is 0 Å². The molecule has 0 amide bonds. The number of nitrogens with one attached hydrogen (secondary N) is 1. The summed E-state index contributed by atoms with van der Waals surface area (Å²) in [5.74, 6) is -1.67. The van der Waals surface area contributed by atoms with Crippen molar-refractivity contribution in [1.82, 2.24) is 9.03 Å². The summed E-state index contributed by atoms with van der Waals surface area (Å²) < 4.78 is 33.9. The molecule has 0 bridgehead atoms. The van der Waals surface area contributed by atoms with E-state index in [1.807, 2.05) is 0 Å². The first-order valence-electron chi connectivity index (χ1n) is 8.50. The van der Waals surface area contributed by atoms with Crippen molar-refractivity contribution in [2.24, 2.45) is 11.8 Å². The number of carboxylic acids is 1. The number of ether oxygens (including phenoxy) is 1. The van der Waals surface area contributed by atoms with Crippen LogP contribution in [0.4, 0.5) is 0 Å². The smallest absolute Gasteiger partial charge is 0.309 e. The van der Waals surface area contributed by atoms with E-state index in [-0.39, 0.29) is 23.8 Å². The predicted octanol–water partition coefficient (Wildman–Crippen LogP) is 0.739. The van der Waals surface area contributed by atoms with Crippen LogP contribution >= 0.6 is 0 Å². The third kappa shape index (κ3) is 4.90. The molecule has 138 valence electrons. The van der Waals surface area contributed by atoms with E-state index in [1.165, 1.54) is 4.31 Å². The van der Waals surface area contributed by atoms with E-state index in [0.717, 1.165) is 0 Å². The summed E-state index contributed by atoms with van der Waals surface area (Å²) in [5, 5.41) is 8.98. The van der Waals surface area contributed by atoms with E-state index in [2.05, 4.69) is 4.72 Å². The minimum atomic E-state index is -3.60. The maximum Gasteiger partial charge on any atom is 0.309 e. The molecule has 8 nitrogen and oxygen atoms in total. The molecule has 1 heterocycles. The summed E-state index contributed by atoms with van der Waals surface area (Å²) in [6.45, 7) is 2.67. The second-order valence-corrected chi connectivity index (χ2v) is 8.14. The molecular weight excluding hydrogens is 336 g/mol. The molecule has 2 aliphatic rings. The number of carbonyl (C=O) groups excluding carboxylic acids is 1. The van der Waals surface area contributed by atoms with E-state index in [1.54, 1.807) is 6.92 Å². The standard InChI is InChI=1S/C15H26N2O6S/c1-2-23-15(20)12-7-9-17(10-8-12)24(21,22)16-13-5-3-11(4-6-13)14(18)19/h11-13,16H,2-10H2,1H3,(H,18,19). The number of carbonyl (C=O) groups is 2. The van der Waals surface area contributed by atoms with Gasteiger partial charge in [-0.05, 0) is 45.4 Å². The Balaban J connectivity index is 1.82. The highest BCUT2D eigenvalue weighted by molar-refractivity contribution is 7.87. The second-order valence-electron chi connectivity index (χ2n) is 6.44. The molecule has 0 aromatic rings. The molecule has 2 N–H and O–H groups in total. The lowest BCUT2D eigenvalue weighted by Crippen LogP contribution is -2.49. The SMILES string of the molecule is CCOC(=O)C1CCN(S(=O)(=O)NC2CCC(C(=O)O)CC2)CC1. The molecule has 9 heteroatoms. The van der Waals surface area contributed by atoms with Gasteiger partial charge in [-0.1, -0.05) is 0 Å². The molecule has 24 heavy (non-hydrogen) atoms. The van der Waals surface area contributed by atoms with Gasteiger partial charge in [-0.2, -0.15) is 17.4 Å². The van der Waals surface area contributed by atoms with Gasteiger partial charge >= 0.3 is 11.9 Å². The quantitative estimate of drug-likeness (QED) is 0.674. The molecule has 2 rings (SSSR count). The van der Waals surface area contributed by atoms with Crippen LogP contribution in [0.3, 0.4) is 0 Å². The van der Waals surface area contributed by atoms with Crippen molar-refractivity contribution in [2.45, 2.75) is 51.5 Å². The molecule has 0 aromatic carbocycles. The van der Waals surface area contributed by atoms with Crippen LogP contribution < -0.4 is 4.72 Å². The Morgan fingerprint density at radius 2 is 1.67 bits per heavy atom. The van der Waals surface area contributed by atoms with Crippen LogP contribution in [0.15, 0.2) is 0 Å². The van der Waals surface area contributed by atoms with Crippen molar-refractivity contribution in [1.29, 1.82) is 0 Å². The molecule has 0 atom stereocenters. The molecular formula is C15H26N2O6S. The Morgan fingerprint density at radius 3 is 2.17 bits per heavy atom. The number of nitrogens with zero attached hydrogens (tertiary/aromatic N) is 1. The summed E-state index contributed by atoms with van der Waals surface area (Å²) in [7, 11) is -3.60. The van der Waals surface area contributed by atoms with Crippen molar-refractivity contribution in [3.63, 3.8) is 0 Å². The second kappa shape index (κ2) is 8.26. The zero-order valence-electron chi connectivity index (χ0n) is 13.9. The number of esters is 1. The van der Waals surface area contributed by atoms with Crippen molar-refractivity contribution in [2.75, 3.05) is 19.7 Å². The normalized spacial score (nSPS) is 26.9. The van der Waals surface area contributed by atoms with Crippen LogP contribution in [0.1, 0.15) is 45.4 Å². The predicted molar refractivity (Wildman–Crippen MR) is 86.4 cm³/mol. The highest BCUT2D eigenvalue weighted by Crippen LogP contribution is 2.26. The van der Waals surface area contributed by atoms with Crippen LogP contribution in [0.5, 0.6) is 0 Å². The lowest BCUT2D eigenvalue weighted by molar-refractivity contribution is -0.149. The topological polar surface area (TPSA) is 113 Å². The fraction of sp³-hybridized carbons (Fsp3) is 0.867. The van der Waals surface area contributed by atoms with Gasteiger partial charge < -0.3 is 9.84 Å². The number of rotatable bonds is 6. The average molecular weight is 362 g/mol. The molecule has 0 unspecified atom stereocenters. The first-order valence-corrected chi connectivity index (χ1v) is 9.94. The Kier molecular flexibility index (Phi) is 6.59. The number of hydrogen-bond donors (Lipinski definition) is 2. The van der Waals surface area contributed by atoms with Gasteiger partial charge in [0.15, 0.2) is 0 Å². The van der Waals surface area contributed by atoms with Gasteiger partial charge in [0, 0.05) is 19.1 Å². The van der Waals surface area contributed by atoms with E-state index in [0.29, 0.717) is 58.2 Å².